The third-order valence-electron chi connectivity index (χ3n) is 1.86. The molecule has 0 radical (unpaired) electrons. The van der Waals surface area contributed by atoms with E-state index in [0.29, 0.717) is 0 Å². The fourth-order valence-electron chi connectivity index (χ4n) is 0.963. The van der Waals surface area contributed by atoms with Crippen molar-refractivity contribution in [3.05, 3.63) is 0 Å². The van der Waals surface area contributed by atoms with E-state index in [-0.39, 0.29) is 0 Å². The summed E-state index contributed by atoms with van der Waals surface area (Å²) in [7, 11) is 0. The summed E-state index contributed by atoms with van der Waals surface area (Å²) in [5, 5.41) is 3.29. The molecule has 0 aromatic rings. The van der Waals surface area contributed by atoms with Crippen LogP contribution in [0.25, 0.3) is 0 Å². The molecule has 1 aliphatic heterocycles. The molecule has 1 rings (SSSR count). The van der Waals surface area contributed by atoms with Crippen LogP contribution in [0.2, 0.25) is 0 Å². The Kier molecular flexibility index (Phi) is 4.23. The molecule has 1 saturated heterocycles. The van der Waals surface area contributed by atoms with Crippen LogP contribution in [0.15, 0.2) is 0 Å². The first kappa shape index (κ1) is 8.41. The molecule has 0 spiro atoms. The molecule has 0 unspecified atom stereocenters. The largest absolute Gasteiger partial charge is 0.316 e. The number of nitrogens with one attached hydrogen (secondary N) is 1. The van der Waals surface area contributed by atoms with E-state index >= 15 is 0 Å². The summed E-state index contributed by atoms with van der Waals surface area (Å²) >= 11 is 2.12. The lowest BCUT2D eigenvalue weighted by atomic mass is 10.1. The second-order valence-electron chi connectivity index (χ2n) is 2.95. The number of thioether (sulfide) groups is 1. The summed E-state index contributed by atoms with van der Waals surface area (Å²) in [6.07, 6.45) is 2.74. The molecule has 0 saturated carbocycles. The van der Waals surface area contributed by atoms with Gasteiger partial charge in [-0.3, -0.25) is 0 Å². The summed E-state index contributed by atoms with van der Waals surface area (Å²) in [4.78, 5) is 0. The molecule has 0 amide bonds. The Balaban J connectivity index is 1.76. The molecular formula is C8H17NS. The van der Waals surface area contributed by atoms with Crippen LogP contribution in [-0.4, -0.2) is 24.6 Å². The summed E-state index contributed by atoms with van der Waals surface area (Å²) in [5.74, 6) is 3.74. The summed E-state index contributed by atoms with van der Waals surface area (Å²) in [6, 6.07) is 0. The molecule has 0 bridgehead atoms. The molecule has 1 fully saturated rings. The Labute approximate surface area is 68.0 Å². The van der Waals surface area contributed by atoms with Crippen molar-refractivity contribution in [2.24, 2.45) is 5.92 Å². The first-order chi connectivity index (χ1) is 4.93. The first-order valence-corrected chi connectivity index (χ1v) is 5.37. The molecular weight excluding hydrogens is 142 g/mol. The van der Waals surface area contributed by atoms with Gasteiger partial charge < -0.3 is 5.32 Å². The normalized spacial score (nSPS) is 18.9. The Hall–Kier alpha value is 0.310. The summed E-state index contributed by atoms with van der Waals surface area (Å²) in [5.41, 5.74) is 0. The van der Waals surface area contributed by atoms with Crippen molar-refractivity contribution in [3.8, 4) is 0 Å². The van der Waals surface area contributed by atoms with Gasteiger partial charge >= 0.3 is 0 Å². The lowest BCUT2D eigenvalue weighted by Gasteiger charge is -2.26. The Morgan fingerprint density at radius 1 is 1.50 bits per heavy atom. The topological polar surface area (TPSA) is 12.0 Å². The van der Waals surface area contributed by atoms with Crippen molar-refractivity contribution in [1.82, 2.24) is 5.32 Å². The molecule has 2 heteroatoms. The lowest BCUT2D eigenvalue weighted by molar-refractivity contribution is 0.385. The van der Waals surface area contributed by atoms with Gasteiger partial charge in [-0.1, -0.05) is 13.3 Å². The lowest BCUT2D eigenvalue weighted by Crippen LogP contribution is -2.43. The summed E-state index contributed by atoms with van der Waals surface area (Å²) in [6.45, 7) is 4.78. The number of hydrogen-bond acceptors (Lipinski definition) is 2. The molecule has 0 aromatic heterocycles. The van der Waals surface area contributed by atoms with Crippen LogP contribution in [0.4, 0.5) is 0 Å². The van der Waals surface area contributed by atoms with Crippen molar-refractivity contribution in [2.75, 3.05) is 24.6 Å². The van der Waals surface area contributed by atoms with E-state index in [1.54, 1.807) is 0 Å². The van der Waals surface area contributed by atoms with Gasteiger partial charge in [0.2, 0.25) is 0 Å². The van der Waals surface area contributed by atoms with Gasteiger partial charge in [0.15, 0.2) is 0 Å². The van der Waals surface area contributed by atoms with Crippen molar-refractivity contribution in [2.45, 2.75) is 19.8 Å². The third kappa shape index (κ3) is 2.93. The molecule has 1 aliphatic rings. The SMILES string of the molecule is CCCCSCC1CNC1. The Morgan fingerprint density at radius 3 is 2.80 bits per heavy atom. The zero-order chi connectivity index (χ0) is 7.23. The second-order valence-corrected chi connectivity index (χ2v) is 4.10. The van der Waals surface area contributed by atoms with Crippen LogP contribution in [0.1, 0.15) is 19.8 Å². The highest BCUT2D eigenvalue weighted by atomic mass is 32.2. The van der Waals surface area contributed by atoms with Gasteiger partial charge in [-0.2, -0.15) is 11.8 Å². The van der Waals surface area contributed by atoms with Gasteiger partial charge in [0.05, 0.1) is 0 Å². The predicted octanol–water partition coefficient (Wildman–Crippen LogP) is 1.74. The van der Waals surface area contributed by atoms with Crippen LogP contribution < -0.4 is 5.32 Å². The average molecular weight is 159 g/mol. The molecule has 0 aromatic carbocycles. The molecule has 60 valence electrons. The van der Waals surface area contributed by atoms with E-state index in [0.717, 1.165) is 5.92 Å². The van der Waals surface area contributed by atoms with Crippen LogP contribution in [0.3, 0.4) is 0 Å². The predicted molar refractivity (Wildman–Crippen MR) is 48.6 cm³/mol. The first-order valence-electron chi connectivity index (χ1n) is 4.22. The smallest absolute Gasteiger partial charge is 0.0000326 e. The van der Waals surface area contributed by atoms with Crippen molar-refractivity contribution in [1.29, 1.82) is 0 Å². The third-order valence-corrected chi connectivity index (χ3v) is 3.15. The van der Waals surface area contributed by atoms with Gasteiger partial charge in [0.1, 0.15) is 0 Å². The minimum atomic E-state index is 0.988. The minimum Gasteiger partial charge on any atom is -0.316 e. The maximum atomic E-state index is 3.29. The van der Waals surface area contributed by atoms with E-state index in [9.17, 15) is 0 Å². The number of hydrogen-bond donors (Lipinski definition) is 1. The average Bonchev–Trinajstić information content (AvgIpc) is 1.84. The van der Waals surface area contributed by atoms with Crippen LogP contribution >= 0.6 is 11.8 Å². The van der Waals surface area contributed by atoms with E-state index < -0.39 is 0 Å². The fraction of sp³-hybridized carbons (Fsp3) is 1.00. The maximum Gasteiger partial charge on any atom is -0.0000326 e. The number of rotatable bonds is 5. The zero-order valence-corrected chi connectivity index (χ0v) is 7.54. The highest BCUT2D eigenvalue weighted by Crippen LogP contribution is 2.13. The zero-order valence-electron chi connectivity index (χ0n) is 6.73. The Bertz CT molecular complexity index is 81.3. The van der Waals surface area contributed by atoms with Gasteiger partial charge in [0.25, 0.3) is 0 Å². The number of unbranched alkanes of at least 4 members (excludes halogenated alkanes) is 1. The Morgan fingerprint density at radius 2 is 2.30 bits per heavy atom. The van der Waals surface area contributed by atoms with Crippen LogP contribution in [0.5, 0.6) is 0 Å². The van der Waals surface area contributed by atoms with Crippen molar-refractivity contribution in [3.63, 3.8) is 0 Å². The second kappa shape index (κ2) is 5.03. The van der Waals surface area contributed by atoms with Crippen molar-refractivity contribution < 1.29 is 0 Å². The standard InChI is InChI=1S/C8H17NS/c1-2-3-4-10-7-8-5-9-6-8/h8-9H,2-7H2,1H3. The van der Waals surface area contributed by atoms with Gasteiger partial charge in [-0.25, -0.2) is 0 Å². The summed E-state index contributed by atoms with van der Waals surface area (Å²) < 4.78 is 0. The molecule has 0 atom stereocenters. The van der Waals surface area contributed by atoms with Crippen LogP contribution in [0, 0.1) is 5.92 Å². The van der Waals surface area contributed by atoms with Crippen molar-refractivity contribution >= 4 is 11.8 Å². The highest BCUT2D eigenvalue weighted by Gasteiger charge is 2.15. The maximum absolute atomic E-state index is 3.29. The molecule has 1 nitrogen and oxygen atoms in total. The monoisotopic (exact) mass is 159 g/mol. The van der Waals surface area contributed by atoms with Gasteiger partial charge in [-0.15, -0.1) is 0 Å². The van der Waals surface area contributed by atoms with E-state index in [1.807, 2.05) is 0 Å². The molecule has 1 heterocycles. The molecule has 1 N–H and O–H groups in total. The highest BCUT2D eigenvalue weighted by molar-refractivity contribution is 7.99. The molecule has 10 heavy (non-hydrogen) atoms. The van der Waals surface area contributed by atoms with Gasteiger partial charge in [0, 0.05) is 0 Å². The van der Waals surface area contributed by atoms with E-state index in [4.69, 9.17) is 0 Å². The van der Waals surface area contributed by atoms with E-state index in [2.05, 4.69) is 24.0 Å². The van der Waals surface area contributed by atoms with E-state index in [1.165, 1.54) is 37.4 Å². The molecule has 0 aliphatic carbocycles. The van der Waals surface area contributed by atoms with Gasteiger partial charge in [-0.05, 0) is 36.9 Å². The minimum absolute atomic E-state index is 0.988. The fourth-order valence-corrected chi connectivity index (χ4v) is 2.19. The quantitative estimate of drug-likeness (QED) is 0.613. The van der Waals surface area contributed by atoms with Crippen LogP contribution in [-0.2, 0) is 0 Å².